The minimum absolute atomic E-state index is 0.0377. The first-order valence-corrected chi connectivity index (χ1v) is 7.95. The van der Waals surface area contributed by atoms with E-state index in [-0.39, 0.29) is 24.3 Å². The number of carbonyl (C=O) groups excluding carboxylic acids is 2. The van der Waals surface area contributed by atoms with Crippen molar-refractivity contribution in [1.29, 1.82) is 0 Å². The molecule has 0 saturated carbocycles. The van der Waals surface area contributed by atoms with E-state index in [0.29, 0.717) is 5.69 Å². The standard InChI is InChI=1S/C19H23N3O2/c1-13(2)19(24)22-17-6-4-5-16(11-17)20-12-18(23)21-15-9-7-14(3)8-10-15/h4-11,13,20H,12H2,1-3H3,(H,21,23)(H,22,24). The number of benzene rings is 2. The van der Waals surface area contributed by atoms with Crippen molar-refractivity contribution in [2.75, 3.05) is 22.5 Å². The summed E-state index contributed by atoms with van der Waals surface area (Å²) in [6, 6.07) is 14.9. The van der Waals surface area contributed by atoms with Crippen LogP contribution in [0.4, 0.5) is 17.1 Å². The summed E-state index contributed by atoms with van der Waals surface area (Å²) < 4.78 is 0. The van der Waals surface area contributed by atoms with E-state index in [1.165, 1.54) is 0 Å². The number of amides is 2. The first-order chi connectivity index (χ1) is 11.4. The Kier molecular flexibility index (Phi) is 5.95. The number of aryl methyl sites for hydroxylation is 1. The van der Waals surface area contributed by atoms with Crippen molar-refractivity contribution in [2.24, 2.45) is 5.92 Å². The molecule has 0 saturated heterocycles. The minimum Gasteiger partial charge on any atom is -0.376 e. The highest BCUT2D eigenvalue weighted by Gasteiger charge is 2.07. The van der Waals surface area contributed by atoms with Crippen LogP contribution in [0.5, 0.6) is 0 Å². The lowest BCUT2D eigenvalue weighted by Gasteiger charge is -2.11. The fourth-order valence-electron chi connectivity index (χ4n) is 2.02. The summed E-state index contributed by atoms with van der Waals surface area (Å²) in [7, 11) is 0. The summed E-state index contributed by atoms with van der Waals surface area (Å²) in [6.07, 6.45) is 0. The molecule has 2 aromatic rings. The van der Waals surface area contributed by atoms with Gasteiger partial charge in [0.2, 0.25) is 11.8 Å². The number of rotatable bonds is 6. The van der Waals surface area contributed by atoms with Crippen LogP contribution in [-0.2, 0) is 9.59 Å². The predicted molar refractivity (Wildman–Crippen MR) is 98.2 cm³/mol. The summed E-state index contributed by atoms with van der Waals surface area (Å²) in [5, 5.41) is 8.72. The molecule has 126 valence electrons. The Hall–Kier alpha value is -2.82. The van der Waals surface area contributed by atoms with Crippen LogP contribution in [-0.4, -0.2) is 18.4 Å². The lowest BCUT2D eigenvalue weighted by atomic mass is 10.2. The van der Waals surface area contributed by atoms with E-state index in [1.54, 1.807) is 6.07 Å². The van der Waals surface area contributed by atoms with Gasteiger partial charge in [0, 0.05) is 23.0 Å². The van der Waals surface area contributed by atoms with Crippen LogP contribution in [0, 0.1) is 12.8 Å². The van der Waals surface area contributed by atoms with Crippen molar-refractivity contribution in [3.8, 4) is 0 Å². The van der Waals surface area contributed by atoms with Gasteiger partial charge in [-0.15, -0.1) is 0 Å². The zero-order valence-electron chi connectivity index (χ0n) is 14.2. The minimum atomic E-state index is -0.129. The Morgan fingerprint density at radius 2 is 1.58 bits per heavy atom. The Balaban J connectivity index is 1.88. The zero-order chi connectivity index (χ0) is 17.5. The highest BCUT2D eigenvalue weighted by Crippen LogP contribution is 2.16. The van der Waals surface area contributed by atoms with Gasteiger partial charge in [-0.05, 0) is 37.3 Å². The number of nitrogens with one attached hydrogen (secondary N) is 3. The van der Waals surface area contributed by atoms with Crippen LogP contribution in [0.3, 0.4) is 0 Å². The Morgan fingerprint density at radius 1 is 0.917 bits per heavy atom. The Labute approximate surface area is 142 Å². The second-order valence-electron chi connectivity index (χ2n) is 5.99. The molecule has 0 bridgehead atoms. The molecule has 0 fully saturated rings. The first kappa shape index (κ1) is 17.5. The molecule has 3 N–H and O–H groups in total. The van der Waals surface area contributed by atoms with Gasteiger partial charge in [-0.1, -0.05) is 37.6 Å². The van der Waals surface area contributed by atoms with Crippen LogP contribution in [0.1, 0.15) is 19.4 Å². The van der Waals surface area contributed by atoms with Gasteiger partial charge >= 0.3 is 0 Å². The molecule has 0 aliphatic heterocycles. The molecule has 24 heavy (non-hydrogen) atoms. The molecule has 0 radical (unpaired) electrons. The first-order valence-electron chi connectivity index (χ1n) is 7.95. The monoisotopic (exact) mass is 325 g/mol. The molecule has 0 aromatic heterocycles. The van der Waals surface area contributed by atoms with Gasteiger partial charge in [-0.2, -0.15) is 0 Å². The van der Waals surface area contributed by atoms with Crippen molar-refractivity contribution < 1.29 is 9.59 Å². The SMILES string of the molecule is Cc1ccc(NC(=O)CNc2cccc(NC(=O)C(C)C)c2)cc1. The summed E-state index contributed by atoms with van der Waals surface area (Å²) in [5.74, 6) is -0.248. The second kappa shape index (κ2) is 8.15. The third kappa shape index (κ3) is 5.43. The van der Waals surface area contributed by atoms with Gasteiger partial charge in [0.1, 0.15) is 0 Å². The van der Waals surface area contributed by atoms with Gasteiger partial charge in [-0.25, -0.2) is 0 Å². The lowest BCUT2D eigenvalue weighted by molar-refractivity contribution is -0.119. The smallest absolute Gasteiger partial charge is 0.243 e. The quantitative estimate of drug-likeness (QED) is 0.759. The molecule has 2 amide bonds. The molecule has 0 spiro atoms. The largest absolute Gasteiger partial charge is 0.376 e. The van der Waals surface area contributed by atoms with E-state index in [1.807, 2.05) is 63.2 Å². The van der Waals surface area contributed by atoms with Gasteiger partial charge < -0.3 is 16.0 Å². The molecule has 2 rings (SSSR count). The Bertz CT molecular complexity index is 709. The number of carbonyl (C=O) groups is 2. The highest BCUT2D eigenvalue weighted by molar-refractivity contribution is 5.94. The average Bonchev–Trinajstić information content (AvgIpc) is 2.55. The maximum atomic E-state index is 12.0. The molecule has 0 aliphatic carbocycles. The van der Waals surface area contributed by atoms with Crippen molar-refractivity contribution in [3.63, 3.8) is 0 Å². The molecule has 0 aliphatic rings. The van der Waals surface area contributed by atoms with Crippen molar-refractivity contribution in [2.45, 2.75) is 20.8 Å². The third-order valence-corrected chi connectivity index (χ3v) is 3.44. The molecule has 5 nitrogen and oxygen atoms in total. The average molecular weight is 325 g/mol. The maximum Gasteiger partial charge on any atom is 0.243 e. The lowest BCUT2D eigenvalue weighted by Crippen LogP contribution is -2.22. The number of hydrogen-bond donors (Lipinski definition) is 3. The molecular formula is C19H23N3O2. The summed E-state index contributed by atoms with van der Waals surface area (Å²) in [4.78, 5) is 23.7. The van der Waals surface area contributed by atoms with Gasteiger partial charge in [-0.3, -0.25) is 9.59 Å². The molecular weight excluding hydrogens is 302 g/mol. The highest BCUT2D eigenvalue weighted by atomic mass is 16.2. The maximum absolute atomic E-state index is 12.0. The number of anilines is 3. The van der Waals surface area contributed by atoms with Gasteiger partial charge in [0.15, 0.2) is 0 Å². The topological polar surface area (TPSA) is 70.2 Å². The summed E-state index contributed by atoms with van der Waals surface area (Å²) >= 11 is 0. The predicted octanol–water partition coefficient (Wildman–Crippen LogP) is 3.64. The van der Waals surface area contributed by atoms with E-state index >= 15 is 0 Å². The van der Waals surface area contributed by atoms with Crippen molar-refractivity contribution in [3.05, 3.63) is 54.1 Å². The summed E-state index contributed by atoms with van der Waals surface area (Å²) in [5.41, 5.74) is 3.39. The van der Waals surface area contributed by atoms with Crippen LogP contribution in [0.2, 0.25) is 0 Å². The van der Waals surface area contributed by atoms with Crippen LogP contribution < -0.4 is 16.0 Å². The second-order valence-corrected chi connectivity index (χ2v) is 5.99. The normalized spacial score (nSPS) is 10.3. The molecule has 2 aromatic carbocycles. The van der Waals surface area contributed by atoms with E-state index in [2.05, 4.69) is 16.0 Å². The van der Waals surface area contributed by atoms with Crippen LogP contribution in [0.15, 0.2) is 48.5 Å². The van der Waals surface area contributed by atoms with Crippen molar-refractivity contribution in [1.82, 2.24) is 0 Å². The van der Waals surface area contributed by atoms with Crippen LogP contribution >= 0.6 is 0 Å². The Morgan fingerprint density at radius 3 is 2.25 bits per heavy atom. The third-order valence-electron chi connectivity index (χ3n) is 3.44. The summed E-state index contributed by atoms with van der Waals surface area (Å²) in [6.45, 7) is 5.83. The van der Waals surface area contributed by atoms with Crippen molar-refractivity contribution >= 4 is 28.9 Å². The van der Waals surface area contributed by atoms with E-state index in [4.69, 9.17) is 0 Å². The fourth-order valence-corrected chi connectivity index (χ4v) is 2.02. The van der Waals surface area contributed by atoms with E-state index < -0.39 is 0 Å². The van der Waals surface area contributed by atoms with Crippen LogP contribution in [0.25, 0.3) is 0 Å². The molecule has 0 unspecified atom stereocenters. The van der Waals surface area contributed by atoms with E-state index in [0.717, 1.165) is 16.9 Å². The fraction of sp³-hybridized carbons (Fsp3) is 0.263. The molecule has 5 heteroatoms. The number of hydrogen-bond acceptors (Lipinski definition) is 3. The molecule has 0 atom stereocenters. The van der Waals surface area contributed by atoms with Gasteiger partial charge in [0.05, 0.1) is 6.54 Å². The zero-order valence-corrected chi connectivity index (χ0v) is 14.2. The van der Waals surface area contributed by atoms with E-state index in [9.17, 15) is 9.59 Å². The van der Waals surface area contributed by atoms with Gasteiger partial charge in [0.25, 0.3) is 0 Å². The molecule has 0 heterocycles.